The van der Waals surface area contributed by atoms with Gasteiger partial charge in [-0.05, 0) is 74.8 Å². The van der Waals surface area contributed by atoms with Crippen molar-refractivity contribution >= 4 is 34.9 Å². The van der Waals surface area contributed by atoms with Crippen molar-refractivity contribution in [2.75, 3.05) is 57.8 Å². The van der Waals surface area contributed by atoms with Crippen LogP contribution in [0.2, 0.25) is 10.0 Å². The second-order valence-electron chi connectivity index (χ2n) is 10.9. The van der Waals surface area contributed by atoms with Crippen molar-refractivity contribution in [1.82, 2.24) is 35.6 Å². The Hall–Kier alpha value is -2.82. The zero-order chi connectivity index (χ0) is 28.8. The normalized spacial score (nSPS) is 17.1. The number of anilines is 1. The summed E-state index contributed by atoms with van der Waals surface area (Å²) in [6.07, 6.45) is 6.46. The lowest BCUT2D eigenvalue weighted by Crippen LogP contribution is -2.51. The predicted molar refractivity (Wildman–Crippen MR) is 164 cm³/mol. The first-order valence-corrected chi connectivity index (χ1v) is 15.0. The van der Waals surface area contributed by atoms with Gasteiger partial charge in [-0.3, -0.25) is 25.1 Å². The summed E-state index contributed by atoms with van der Waals surface area (Å²) >= 11 is 12.7. The number of likely N-dealkylation sites (tertiary alicyclic amines) is 1. The summed E-state index contributed by atoms with van der Waals surface area (Å²) in [5.74, 6) is 1.47. The van der Waals surface area contributed by atoms with Gasteiger partial charge in [0.25, 0.3) is 0 Å². The van der Waals surface area contributed by atoms with E-state index in [1.165, 1.54) is 5.56 Å². The van der Waals surface area contributed by atoms with Crippen molar-refractivity contribution in [3.05, 3.63) is 69.7 Å². The standard InChI is InChI=1S/C30H38Cl2N8O/c1-21(41)34-17-22-3-5-38(6-4-22)20-23-11-27(37-29(12-23)24-13-25(31)15-26(32)14-24)16-28-18-36-30(19-35-28)39-7-9-40(33-2)10-8-39/h11-15,18-19,22,33H,3-10,16-17,20H2,1-2H3,(H,34,41). The molecule has 9 nitrogen and oxygen atoms in total. The summed E-state index contributed by atoms with van der Waals surface area (Å²) in [5.41, 5.74) is 7.93. The van der Waals surface area contributed by atoms with E-state index in [0.717, 1.165) is 93.7 Å². The number of carbonyl (C=O) groups is 1. The zero-order valence-electron chi connectivity index (χ0n) is 23.7. The van der Waals surface area contributed by atoms with E-state index in [4.69, 9.17) is 38.2 Å². The highest BCUT2D eigenvalue weighted by molar-refractivity contribution is 6.35. The minimum atomic E-state index is 0.0390. The van der Waals surface area contributed by atoms with Crippen LogP contribution >= 0.6 is 23.2 Å². The lowest BCUT2D eigenvalue weighted by atomic mass is 9.96. The minimum Gasteiger partial charge on any atom is -0.356 e. The number of hydrogen-bond acceptors (Lipinski definition) is 8. The van der Waals surface area contributed by atoms with Crippen LogP contribution in [-0.2, 0) is 17.8 Å². The predicted octanol–water partition coefficient (Wildman–Crippen LogP) is 4.04. The Morgan fingerprint density at radius 3 is 2.29 bits per heavy atom. The highest BCUT2D eigenvalue weighted by Crippen LogP contribution is 2.28. The number of nitrogens with one attached hydrogen (secondary N) is 2. The van der Waals surface area contributed by atoms with Gasteiger partial charge in [0.05, 0.1) is 23.8 Å². The molecule has 2 saturated heterocycles. The summed E-state index contributed by atoms with van der Waals surface area (Å²) in [7, 11) is 1.96. The van der Waals surface area contributed by atoms with Crippen molar-refractivity contribution in [2.45, 2.75) is 32.7 Å². The van der Waals surface area contributed by atoms with Crippen molar-refractivity contribution in [2.24, 2.45) is 5.92 Å². The fraction of sp³-hybridized carbons (Fsp3) is 0.467. The number of hydrogen-bond donors (Lipinski definition) is 2. The van der Waals surface area contributed by atoms with E-state index in [1.54, 1.807) is 13.0 Å². The highest BCUT2D eigenvalue weighted by atomic mass is 35.5. The van der Waals surface area contributed by atoms with Gasteiger partial charge in [-0.1, -0.05) is 23.2 Å². The molecule has 2 fully saturated rings. The quantitative estimate of drug-likeness (QED) is 0.382. The summed E-state index contributed by atoms with van der Waals surface area (Å²) in [6.45, 7) is 8.86. The topological polar surface area (TPSA) is 89.5 Å². The molecular weight excluding hydrogens is 559 g/mol. The molecule has 2 aliphatic rings. The Labute approximate surface area is 252 Å². The zero-order valence-corrected chi connectivity index (χ0v) is 25.3. The fourth-order valence-corrected chi connectivity index (χ4v) is 6.05. The van der Waals surface area contributed by atoms with Gasteiger partial charge in [0.2, 0.25) is 5.91 Å². The van der Waals surface area contributed by atoms with Crippen LogP contribution in [-0.4, -0.2) is 83.6 Å². The third-order valence-corrected chi connectivity index (χ3v) is 8.26. The molecule has 0 atom stereocenters. The molecule has 2 aromatic heterocycles. The molecule has 11 heteroatoms. The Morgan fingerprint density at radius 1 is 0.927 bits per heavy atom. The molecule has 1 amide bonds. The Kier molecular flexibility index (Phi) is 10.1. The van der Waals surface area contributed by atoms with Crippen LogP contribution in [0, 0.1) is 5.92 Å². The summed E-state index contributed by atoms with van der Waals surface area (Å²) < 4.78 is 0. The van der Waals surface area contributed by atoms with E-state index < -0.39 is 0 Å². The van der Waals surface area contributed by atoms with Crippen molar-refractivity contribution < 1.29 is 4.79 Å². The Balaban J connectivity index is 1.31. The van der Waals surface area contributed by atoms with Crippen LogP contribution in [0.3, 0.4) is 0 Å². The molecule has 5 rings (SSSR count). The van der Waals surface area contributed by atoms with Crippen LogP contribution < -0.4 is 15.6 Å². The number of rotatable bonds is 9. The number of aromatic nitrogens is 3. The number of nitrogens with zero attached hydrogens (tertiary/aromatic N) is 6. The third-order valence-electron chi connectivity index (χ3n) is 7.82. The maximum absolute atomic E-state index is 11.3. The molecule has 3 aromatic rings. The number of pyridine rings is 1. The molecule has 0 radical (unpaired) electrons. The first-order chi connectivity index (χ1) is 19.8. The summed E-state index contributed by atoms with van der Waals surface area (Å²) in [4.78, 5) is 30.5. The largest absolute Gasteiger partial charge is 0.356 e. The van der Waals surface area contributed by atoms with Crippen LogP contribution in [0.15, 0.2) is 42.7 Å². The first-order valence-electron chi connectivity index (χ1n) is 14.3. The third kappa shape index (κ3) is 8.36. The van der Waals surface area contributed by atoms with Crippen molar-refractivity contribution in [3.8, 4) is 11.3 Å². The molecule has 2 aliphatic heterocycles. The van der Waals surface area contributed by atoms with Gasteiger partial charge in [-0.25, -0.2) is 9.99 Å². The molecule has 0 saturated carbocycles. The summed E-state index contributed by atoms with van der Waals surface area (Å²) in [5, 5.41) is 6.34. The fourth-order valence-electron chi connectivity index (χ4n) is 5.52. The molecular formula is C30H38Cl2N8O. The number of hydrazine groups is 1. The van der Waals surface area contributed by atoms with Crippen LogP contribution in [0.4, 0.5) is 5.82 Å². The monoisotopic (exact) mass is 596 g/mol. The molecule has 1 aromatic carbocycles. The molecule has 0 bridgehead atoms. The van der Waals surface area contributed by atoms with Crippen molar-refractivity contribution in [1.29, 1.82) is 0 Å². The number of piperazine rings is 1. The van der Waals surface area contributed by atoms with Gasteiger partial charge in [0.15, 0.2) is 0 Å². The lowest BCUT2D eigenvalue weighted by Gasteiger charge is -2.34. The highest BCUT2D eigenvalue weighted by Gasteiger charge is 2.21. The maximum atomic E-state index is 11.3. The second-order valence-corrected chi connectivity index (χ2v) is 11.8. The molecule has 0 aliphatic carbocycles. The molecule has 0 spiro atoms. The smallest absolute Gasteiger partial charge is 0.216 e. The maximum Gasteiger partial charge on any atom is 0.216 e. The molecule has 218 valence electrons. The number of carbonyl (C=O) groups excluding carboxylic acids is 1. The summed E-state index contributed by atoms with van der Waals surface area (Å²) in [6, 6.07) is 9.84. The van der Waals surface area contributed by atoms with Gasteiger partial charge in [0, 0.05) is 73.9 Å². The number of halogens is 2. The van der Waals surface area contributed by atoms with Gasteiger partial charge < -0.3 is 10.2 Å². The Morgan fingerprint density at radius 2 is 1.66 bits per heavy atom. The number of benzene rings is 1. The number of amides is 1. The minimum absolute atomic E-state index is 0.0390. The SMILES string of the molecule is CNN1CCN(c2cnc(Cc3cc(CN4CCC(CNC(C)=O)CC4)cc(-c4cc(Cl)cc(Cl)c4)n3)cn2)CC1. The van der Waals surface area contributed by atoms with E-state index >= 15 is 0 Å². The first kappa shape index (κ1) is 29.7. The van der Waals surface area contributed by atoms with E-state index in [9.17, 15) is 4.79 Å². The molecule has 2 N–H and O–H groups in total. The van der Waals surface area contributed by atoms with Crippen LogP contribution in [0.25, 0.3) is 11.3 Å². The molecule has 41 heavy (non-hydrogen) atoms. The van der Waals surface area contributed by atoms with Crippen LogP contribution in [0.5, 0.6) is 0 Å². The van der Waals surface area contributed by atoms with Gasteiger partial charge in [0.1, 0.15) is 5.82 Å². The molecule has 0 unspecified atom stereocenters. The average molecular weight is 598 g/mol. The van der Waals surface area contributed by atoms with Gasteiger partial charge >= 0.3 is 0 Å². The van der Waals surface area contributed by atoms with E-state index in [0.29, 0.717) is 22.4 Å². The second kappa shape index (κ2) is 13.9. The van der Waals surface area contributed by atoms with E-state index in [1.807, 2.05) is 31.6 Å². The number of piperidine rings is 1. The van der Waals surface area contributed by atoms with E-state index in [2.05, 4.69) is 37.7 Å². The van der Waals surface area contributed by atoms with Gasteiger partial charge in [-0.15, -0.1) is 0 Å². The van der Waals surface area contributed by atoms with Crippen molar-refractivity contribution in [3.63, 3.8) is 0 Å². The van der Waals surface area contributed by atoms with Crippen LogP contribution in [0.1, 0.15) is 36.7 Å². The average Bonchev–Trinajstić information content (AvgIpc) is 2.97. The van der Waals surface area contributed by atoms with E-state index in [-0.39, 0.29) is 5.91 Å². The lowest BCUT2D eigenvalue weighted by molar-refractivity contribution is -0.119. The molecule has 4 heterocycles. The van der Waals surface area contributed by atoms with Gasteiger partial charge in [-0.2, -0.15) is 0 Å². The Bertz CT molecular complexity index is 1300.